The molecule has 5 heteroatoms. The molecule has 20 heavy (non-hydrogen) atoms. The van der Waals surface area contributed by atoms with E-state index in [4.69, 9.17) is 0 Å². The van der Waals surface area contributed by atoms with Gasteiger partial charge >= 0.3 is 0 Å². The standard InChI is InChI=1S/C15H16F2N2O/c1-10-7-12(17)13(8-11(10)16)19-14(20)15(9-18)5-3-2-4-6-15/h7-8H,2-6H2,1H3,(H,19,20). The molecule has 0 radical (unpaired) electrons. The Labute approximate surface area is 116 Å². The molecular weight excluding hydrogens is 262 g/mol. The van der Waals surface area contributed by atoms with Gasteiger partial charge < -0.3 is 5.32 Å². The Morgan fingerprint density at radius 3 is 2.50 bits per heavy atom. The maximum absolute atomic E-state index is 13.7. The molecular formula is C15H16F2N2O. The summed E-state index contributed by atoms with van der Waals surface area (Å²) in [5.74, 6) is -1.82. The van der Waals surface area contributed by atoms with Crippen molar-refractivity contribution < 1.29 is 13.6 Å². The fourth-order valence-electron chi connectivity index (χ4n) is 2.53. The summed E-state index contributed by atoms with van der Waals surface area (Å²) in [5.41, 5.74) is -1.15. The first kappa shape index (κ1) is 14.4. The fraction of sp³-hybridized carbons (Fsp3) is 0.467. The van der Waals surface area contributed by atoms with Crippen LogP contribution in [0.5, 0.6) is 0 Å². The van der Waals surface area contributed by atoms with Crippen molar-refractivity contribution in [2.75, 3.05) is 5.32 Å². The topological polar surface area (TPSA) is 52.9 Å². The van der Waals surface area contributed by atoms with Crippen LogP contribution in [-0.2, 0) is 4.79 Å². The molecule has 1 saturated carbocycles. The minimum atomic E-state index is -1.12. The lowest BCUT2D eigenvalue weighted by atomic mass is 9.74. The van der Waals surface area contributed by atoms with Crippen LogP contribution in [0.15, 0.2) is 12.1 Å². The number of nitrogens with one attached hydrogen (secondary N) is 1. The number of carbonyl (C=O) groups is 1. The Bertz CT molecular complexity index is 572. The van der Waals surface area contributed by atoms with Crippen LogP contribution in [0.4, 0.5) is 14.5 Å². The van der Waals surface area contributed by atoms with Crippen LogP contribution >= 0.6 is 0 Å². The molecule has 0 heterocycles. The molecule has 1 amide bonds. The zero-order chi connectivity index (χ0) is 14.8. The van der Waals surface area contributed by atoms with E-state index in [9.17, 15) is 18.8 Å². The van der Waals surface area contributed by atoms with Crippen LogP contribution in [0.2, 0.25) is 0 Å². The van der Waals surface area contributed by atoms with Gasteiger partial charge in [-0.05, 0) is 31.4 Å². The summed E-state index contributed by atoms with van der Waals surface area (Å²) in [6.45, 7) is 1.45. The smallest absolute Gasteiger partial charge is 0.244 e. The van der Waals surface area contributed by atoms with Crippen molar-refractivity contribution in [2.24, 2.45) is 5.41 Å². The Hall–Kier alpha value is -1.96. The number of nitriles is 1. The number of halogens is 2. The zero-order valence-corrected chi connectivity index (χ0v) is 11.3. The van der Waals surface area contributed by atoms with Gasteiger partial charge in [-0.3, -0.25) is 4.79 Å². The van der Waals surface area contributed by atoms with Crippen molar-refractivity contribution in [1.82, 2.24) is 0 Å². The van der Waals surface area contributed by atoms with Gasteiger partial charge in [0.05, 0.1) is 11.8 Å². The summed E-state index contributed by atoms with van der Waals surface area (Å²) >= 11 is 0. The van der Waals surface area contributed by atoms with E-state index < -0.39 is 23.0 Å². The summed E-state index contributed by atoms with van der Waals surface area (Å²) in [4.78, 5) is 12.2. The molecule has 1 N–H and O–H groups in total. The lowest BCUT2D eigenvalue weighted by molar-refractivity contribution is -0.124. The van der Waals surface area contributed by atoms with Crippen molar-refractivity contribution >= 4 is 11.6 Å². The molecule has 1 aliphatic carbocycles. The van der Waals surface area contributed by atoms with Crippen LogP contribution in [0.25, 0.3) is 0 Å². The van der Waals surface area contributed by atoms with Gasteiger partial charge in [-0.25, -0.2) is 8.78 Å². The van der Waals surface area contributed by atoms with Crippen LogP contribution in [0.3, 0.4) is 0 Å². The van der Waals surface area contributed by atoms with Gasteiger partial charge in [0.1, 0.15) is 17.0 Å². The maximum Gasteiger partial charge on any atom is 0.244 e. The molecule has 1 fully saturated rings. The largest absolute Gasteiger partial charge is 0.322 e. The van der Waals surface area contributed by atoms with Gasteiger partial charge in [0, 0.05) is 6.07 Å². The summed E-state index contributed by atoms with van der Waals surface area (Å²) in [6.07, 6.45) is 3.51. The van der Waals surface area contributed by atoms with Gasteiger partial charge in [0.2, 0.25) is 5.91 Å². The second kappa shape index (κ2) is 5.58. The first-order chi connectivity index (χ1) is 9.48. The Balaban J connectivity index is 2.23. The van der Waals surface area contributed by atoms with E-state index >= 15 is 0 Å². The minimum Gasteiger partial charge on any atom is -0.322 e. The first-order valence-corrected chi connectivity index (χ1v) is 6.67. The third kappa shape index (κ3) is 2.64. The average molecular weight is 278 g/mol. The van der Waals surface area contributed by atoms with Crippen LogP contribution in [0, 0.1) is 35.3 Å². The molecule has 1 aliphatic rings. The van der Waals surface area contributed by atoms with E-state index in [1.54, 1.807) is 0 Å². The lowest BCUT2D eigenvalue weighted by Gasteiger charge is -2.29. The number of rotatable bonds is 2. The molecule has 0 aromatic heterocycles. The van der Waals surface area contributed by atoms with Crippen molar-refractivity contribution in [2.45, 2.75) is 39.0 Å². The summed E-state index contributed by atoms with van der Waals surface area (Å²) in [5, 5.41) is 11.6. The van der Waals surface area contributed by atoms with E-state index in [1.165, 1.54) is 6.92 Å². The van der Waals surface area contributed by atoms with E-state index in [1.807, 2.05) is 0 Å². The highest BCUT2D eigenvalue weighted by atomic mass is 19.1. The molecule has 1 aromatic carbocycles. The highest BCUT2D eigenvalue weighted by molar-refractivity contribution is 5.97. The lowest BCUT2D eigenvalue weighted by Crippen LogP contribution is -2.37. The zero-order valence-electron chi connectivity index (χ0n) is 11.3. The first-order valence-electron chi connectivity index (χ1n) is 6.67. The number of amides is 1. The number of hydrogen-bond acceptors (Lipinski definition) is 2. The molecule has 0 aliphatic heterocycles. The van der Waals surface area contributed by atoms with E-state index in [0.29, 0.717) is 12.8 Å². The third-order valence-corrected chi connectivity index (χ3v) is 3.85. The molecule has 0 unspecified atom stereocenters. The normalized spacial score (nSPS) is 17.3. The highest BCUT2D eigenvalue weighted by Gasteiger charge is 2.40. The molecule has 0 spiro atoms. The number of hydrogen-bond donors (Lipinski definition) is 1. The van der Waals surface area contributed by atoms with Gasteiger partial charge in [0.25, 0.3) is 0 Å². The monoisotopic (exact) mass is 278 g/mol. The Morgan fingerprint density at radius 2 is 1.90 bits per heavy atom. The minimum absolute atomic E-state index is 0.174. The van der Waals surface area contributed by atoms with E-state index in [0.717, 1.165) is 31.4 Å². The average Bonchev–Trinajstić information content (AvgIpc) is 2.45. The van der Waals surface area contributed by atoms with Gasteiger partial charge in [-0.1, -0.05) is 19.3 Å². The number of nitrogens with zero attached hydrogens (tertiary/aromatic N) is 1. The van der Waals surface area contributed by atoms with E-state index in [-0.39, 0.29) is 11.3 Å². The number of anilines is 1. The number of carbonyl (C=O) groups excluding carboxylic acids is 1. The fourth-order valence-corrected chi connectivity index (χ4v) is 2.53. The number of benzene rings is 1. The van der Waals surface area contributed by atoms with E-state index in [2.05, 4.69) is 11.4 Å². The third-order valence-electron chi connectivity index (χ3n) is 3.85. The maximum atomic E-state index is 13.7. The summed E-state index contributed by atoms with van der Waals surface area (Å²) in [7, 11) is 0. The number of aryl methyl sites for hydroxylation is 1. The molecule has 1 aromatic rings. The van der Waals surface area contributed by atoms with Crippen molar-refractivity contribution in [3.8, 4) is 6.07 Å². The Kier molecular flexibility index (Phi) is 4.03. The predicted molar refractivity (Wildman–Crippen MR) is 70.9 cm³/mol. The van der Waals surface area contributed by atoms with Gasteiger partial charge in [-0.15, -0.1) is 0 Å². The second-order valence-corrected chi connectivity index (χ2v) is 5.29. The molecule has 3 nitrogen and oxygen atoms in total. The molecule has 2 rings (SSSR count). The molecule has 106 valence electrons. The highest BCUT2D eigenvalue weighted by Crippen LogP contribution is 2.37. The van der Waals surface area contributed by atoms with Gasteiger partial charge in [-0.2, -0.15) is 5.26 Å². The Morgan fingerprint density at radius 1 is 1.25 bits per heavy atom. The molecule has 0 saturated heterocycles. The quantitative estimate of drug-likeness (QED) is 0.897. The van der Waals surface area contributed by atoms with Gasteiger partial charge in [0.15, 0.2) is 0 Å². The molecule has 0 atom stereocenters. The van der Waals surface area contributed by atoms with Crippen LogP contribution in [0.1, 0.15) is 37.7 Å². The van der Waals surface area contributed by atoms with Crippen LogP contribution < -0.4 is 5.32 Å². The van der Waals surface area contributed by atoms with Crippen molar-refractivity contribution in [3.05, 3.63) is 29.3 Å². The van der Waals surface area contributed by atoms with Crippen molar-refractivity contribution in [3.63, 3.8) is 0 Å². The van der Waals surface area contributed by atoms with Crippen LogP contribution in [-0.4, -0.2) is 5.91 Å². The predicted octanol–water partition coefficient (Wildman–Crippen LogP) is 3.69. The molecule has 0 bridgehead atoms. The summed E-state index contributed by atoms with van der Waals surface area (Å²) in [6, 6.07) is 4.04. The summed E-state index contributed by atoms with van der Waals surface area (Å²) < 4.78 is 27.2. The SMILES string of the molecule is Cc1cc(F)c(NC(=O)C2(C#N)CCCCC2)cc1F. The second-order valence-electron chi connectivity index (χ2n) is 5.29. The van der Waals surface area contributed by atoms with Crippen molar-refractivity contribution in [1.29, 1.82) is 5.26 Å².